The van der Waals surface area contributed by atoms with Crippen LogP contribution < -0.4 is 0 Å². The summed E-state index contributed by atoms with van der Waals surface area (Å²) in [6.45, 7) is 2.06. The van der Waals surface area contributed by atoms with Gasteiger partial charge in [-0.25, -0.2) is 0 Å². The second-order valence-corrected chi connectivity index (χ2v) is 4.56. The molecule has 0 bridgehead atoms. The molecule has 2 heteroatoms. The molecule has 1 unspecified atom stereocenters. The molecule has 0 saturated heterocycles. The molecule has 1 atom stereocenters. The molecule has 0 fully saturated rings. The van der Waals surface area contributed by atoms with E-state index < -0.39 is 0 Å². The number of hydrogen-bond donors (Lipinski definition) is 0. The molecule has 0 aliphatic carbocycles. The van der Waals surface area contributed by atoms with Crippen molar-refractivity contribution in [2.45, 2.75) is 12.8 Å². The van der Waals surface area contributed by atoms with E-state index in [9.17, 15) is 4.79 Å². The highest BCUT2D eigenvalue weighted by Crippen LogP contribution is 2.29. The first kappa shape index (κ1) is 11.3. The molecular weight excluding hydrogens is 264 g/mol. The van der Waals surface area contributed by atoms with Crippen LogP contribution in [0, 0.1) is 6.92 Å². The highest BCUT2D eigenvalue weighted by Gasteiger charge is 2.14. The third-order valence-corrected chi connectivity index (χ3v) is 3.59. The Labute approximate surface area is 104 Å². The van der Waals surface area contributed by atoms with Gasteiger partial charge < -0.3 is 4.79 Å². The Kier molecular flexibility index (Phi) is 3.39. The van der Waals surface area contributed by atoms with Gasteiger partial charge in [0, 0.05) is 5.33 Å². The Balaban J connectivity index is 2.74. The fourth-order valence-electron chi connectivity index (χ4n) is 2.08. The highest BCUT2D eigenvalue weighted by atomic mass is 79.9. The van der Waals surface area contributed by atoms with Crippen molar-refractivity contribution in [1.82, 2.24) is 0 Å². The van der Waals surface area contributed by atoms with Crippen LogP contribution in [0.1, 0.15) is 17.0 Å². The van der Waals surface area contributed by atoms with Crippen molar-refractivity contribution < 1.29 is 4.79 Å². The van der Waals surface area contributed by atoms with Gasteiger partial charge in [0.2, 0.25) is 0 Å². The average molecular weight is 277 g/mol. The number of halogens is 1. The SMILES string of the molecule is Cc1ccc2ccccc2c1C(C=O)CBr. The number of benzene rings is 2. The lowest BCUT2D eigenvalue weighted by atomic mass is 9.91. The molecule has 0 aromatic heterocycles. The van der Waals surface area contributed by atoms with Crippen molar-refractivity contribution in [2.75, 3.05) is 5.33 Å². The van der Waals surface area contributed by atoms with Gasteiger partial charge in [-0.15, -0.1) is 0 Å². The molecule has 0 radical (unpaired) electrons. The fourth-order valence-corrected chi connectivity index (χ4v) is 2.55. The molecular formula is C14H13BrO. The summed E-state index contributed by atoms with van der Waals surface area (Å²) in [5.41, 5.74) is 2.32. The second-order valence-electron chi connectivity index (χ2n) is 3.91. The molecule has 1 nitrogen and oxygen atoms in total. The quantitative estimate of drug-likeness (QED) is 0.615. The Bertz CT molecular complexity index is 519. The van der Waals surface area contributed by atoms with E-state index in [1.165, 1.54) is 16.3 Å². The minimum absolute atomic E-state index is 0.0638. The van der Waals surface area contributed by atoms with Crippen LogP contribution in [0.2, 0.25) is 0 Å². The van der Waals surface area contributed by atoms with Crippen molar-refractivity contribution >= 4 is 33.0 Å². The monoisotopic (exact) mass is 276 g/mol. The molecule has 0 aliphatic rings. The minimum atomic E-state index is -0.0638. The first-order chi connectivity index (χ1) is 7.77. The molecule has 0 saturated carbocycles. The second kappa shape index (κ2) is 4.79. The fraction of sp³-hybridized carbons (Fsp3) is 0.214. The van der Waals surface area contributed by atoms with Gasteiger partial charge in [0.15, 0.2) is 0 Å². The minimum Gasteiger partial charge on any atom is -0.303 e. The van der Waals surface area contributed by atoms with Crippen LogP contribution in [0.5, 0.6) is 0 Å². The van der Waals surface area contributed by atoms with E-state index in [4.69, 9.17) is 0 Å². The number of carbonyl (C=O) groups excluding carboxylic acids is 1. The van der Waals surface area contributed by atoms with Crippen molar-refractivity contribution in [3.8, 4) is 0 Å². The van der Waals surface area contributed by atoms with Gasteiger partial charge in [0.1, 0.15) is 6.29 Å². The summed E-state index contributed by atoms with van der Waals surface area (Å²) in [6, 6.07) is 12.4. The summed E-state index contributed by atoms with van der Waals surface area (Å²) >= 11 is 3.40. The van der Waals surface area contributed by atoms with Crippen LogP contribution in [-0.2, 0) is 4.79 Å². The van der Waals surface area contributed by atoms with Crippen molar-refractivity contribution in [1.29, 1.82) is 0 Å². The number of hydrogen-bond acceptors (Lipinski definition) is 1. The Morgan fingerprint density at radius 3 is 2.69 bits per heavy atom. The zero-order valence-corrected chi connectivity index (χ0v) is 10.7. The average Bonchev–Trinajstić information content (AvgIpc) is 2.33. The number of rotatable bonds is 3. The van der Waals surface area contributed by atoms with E-state index in [-0.39, 0.29) is 5.92 Å². The van der Waals surface area contributed by atoms with E-state index >= 15 is 0 Å². The lowest BCUT2D eigenvalue weighted by Crippen LogP contribution is -2.04. The maximum absolute atomic E-state index is 11.1. The normalized spacial score (nSPS) is 12.6. The Morgan fingerprint density at radius 1 is 1.25 bits per heavy atom. The van der Waals surface area contributed by atoms with E-state index in [2.05, 4.69) is 47.1 Å². The molecule has 2 rings (SSSR count). The van der Waals surface area contributed by atoms with Crippen LogP contribution in [0.4, 0.5) is 0 Å². The van der Waals surface area contributed by atoms with Gasteiger partial charge in [-0.1, -0.05) is 52.3 Å². The third kappa shape index (κ3) is 1.90. The van der Waals surface area contributed by atoms with E-state index in [1.807, 2.05) is 12.1 Å². The van der Waals surface area contributed by atoms with Gasteiger partial charge in [-0.2, -0.15) is 0 Å². The number of alkyl halides is 1. The Hall–Kier alpha value is -1.15. The lowest BCUT2D eigenvalue weighted by molar-refractivity contribution is -0.108. The number of carbonyl (C=O) groups is 1. The molecule has 16 heavy (non-hydrogen) atoms. The molecule has 82 valence electrons. The lowest BCUT2D eigenvalue weighted by Gasteiger charge is -2.14. The first-order valence-electron chi connectivity index (χ1n) is 5.27. The summed E-state index contributed by atoms with van der Waals surface area (Å²) in [5.74, 6) is -0.0638. The number of aldehydes is 1. The van der Waals surface area contributed by atoms with Crippen molar-refractivity contribution in [3.63, 3.8) is 0 Å². The van der Waals surface area contributed by atoms with Gasteiger partial charge in [0.25, 0.3) is 0 Å². The van der Waals surface area contributed by atoms with Crippen LogP contribution in [0.3, 0.4) is 0 Å². The van der Waals surface area contributed by atoms with E-state index in [0.29, 0.717) is 5.33 Å². The maximum atomic E-state index is 11.1. The number of fused-ring (bicyclic) bond motifs is 1. The molecule has 0 spiro atoms. The smallest absolute Gasteiger partial charge is 0.128 e. The zero-order valence-electron chi connectivity index (χ0n) is 9.11. The van der Waals surface area contributed by atoms with E-state index in [1.54, 1.807) is 0 Å². The van der Waals surface area contributed by atoms with Crippen molar-refractivity contribution in [3.05, 3.63) is 47.5 Å². The summed E-state index contributed by atoms with van der Waals surface area (Å²) < 4.78 is 0. The topological polar surface area (TPSA) is 17.1 Å². The van der Waals surface area contributed by atoms with Crippen LogP contribution >= 0.6 is 15.9 Å². The predicted molar refractivity (Wildman–Crippen MR) is 71.3 cm³/mol. The standard InChI is InChI=1S/C14H13BrO/c1-10-6-7-11-4-2-3-5-13(11)14(10)12(8-15)9-16/h2-7,9,12H,8H2,1H3. The predicted octanol–water partition coefficient (Wildman–Crippen LogP) is 3.83. The molecule has 0 N–H and O–H groups in total. The molecule has 2 aromatic rings. The summed E-state index contributed by atoms with van der Waals surface area (Å²) in [5, 5.41) is 3.04. The van der Waals surface area contributed by atoms with Crippen LogP contribution in [-0.4, -0.2) is 11.6 Å². The van der Waals surface area contributed by atoms with Crippen LogP contribution in [0.25, 0.3) is 10.8 Å². The Morgan fingerprint density at radius 2 is 2.00 bits per heavy atom. The zero-order chi connectivity index (χ0) is 11.5. The molecule has 2 aromatic carbocycles. The summed E-state index contributed by atoms with van der Waals surface area (Å²) in [4.78, 5) is 11.1. The third-order valence-electron chi connectivity index (χ3n) is 2.89. The molecule has 0 amide bonds. The van der Waals surface area contributed by atoms with Gasteiger partial charge in [-0.05, 0) is 28.8 Å². The van der Waals surface area contributed by atoms with Crippen molar-refractivity contribution in [2.24, 2.45) is 0 Å². The summed E-state index contributed by atoms with van der Waals surface area (Å²) in [6.07, 6.45) is 1.02. The van der Waals surface area contributed by atoms with Gasteiger partial charge >= 0.3 is 0 Å². The summed E-state index contributed by atoms with van der Waals surface area (Å²) in [7, 11) is 0. The van der Waals surface area contributed by atoms with Gasteiger partial charge in [-0.3, -0.25) is 0 Å². The molecule has 0 aliphatic heterocycles. The van der Waals surface area contributed by atoms with Gasteiger partial charge in [0.05, 0.1) is 5.92 Å². The van der Waals surface area contributed by atoms with Crippen LogP contribution in [0.15, 0.2) is 36.4 Å². The van der Waals surface area contributed by atoms with E-state index in [0.717, 1.165) is 11.8 Å². The highest BCUT2D eigenvalue weighted by molar-refractivity contribution is 9.09. The first-order valence-corrected chi connectivity index (χ1v) is 6.39. The molecule has 0 heterocycles. The number of aryl methyl sites for hydroxylation is 1. The maximum Gasteiger partial charge on any atom is 0.128 e. The largest absolute Gasteiger partial charge is 0.303 e.